The van der Waals surface area contributed by atoms with E-state index in [4.69, 9.17) is 4.74 Å². The molecule has 1 atom stereocenters. The van der Waals surface area contributed by atoms with Crippen LogP contribution in [0.25, 0.3) is 11.0 Å². The fourth-order valence-electron chi connectivity index (χ4n) is 2.94. The zero-order chi connectivity index (χ0) is 20.2. The molecule has 0 aliphatic carbocycles. The Morgan fingerprint density at radius 2 is 1.86 bits per heavy atom. The fourth-order valence-corrected chi connectivity index (χ4v) is 2.94. The number of rotatable bonds is 6. The van der Waals surface area contributed by atoms with Crippen molar-refractivity contribution in [2.75, 3.05) is 5.32 Å². The van der Waals surface area contributed by atoms with Crippen LogP contribution in [-0.4, -0.2) is 36.7 Å². The van der Waals surface area contributed by atoms with E-state index < -0.39 is 18.0 Å². The molecule has 0 radical (unpaired) electrons. The number of hydrogen-bond donors (Lipinski definition) is 1. The standard InChI is InChI=1S/C20H18N6O3/c1-14(27)29-19(15-7-3-2-4-8-15)20(28)22-16-11-21-25(12-16)13-26-18-10-6-5-9-17(18)23-24-26/h2-12,19H,13H2,1H3,(H,22,28)/t19-/m1/s1. The maximum atomic E-state index is 12.7. The maximum absolute atomic E-state index is 12.7. The Balaban J connectivity index is 1.49. The number of benzene rings is 2. The fraction of sp³-hybridized carbons (Fsp3) is 0.150. The molecule has 9 heteroatoms. The molecule has 1 amide bonds. The topological polar surface area (TPSA) is 104 Å². The number of esters is 1. The van der Waals surface area contributed by atoms with Gasteiger partial charge in [-0.3, -0.25) is 9.59 Å². The molecule has 0 bridgehead atoms. The maximum Gasteiger partial charge on any atom is 0.303 e. The number of fused-ring (bicyclic) bond motifs is 1. The second kappa shape index (κ2) is 7.93. The van der Waals surface area contributed by atoms with Crippen molar-refractivity contribution < 1.29 is 14.3 Å². The third-order valence-corrected chi connectivity index (χ3v) is 4.22. The van der Waals surface area contributed by atoms with Crippen LogP contribution in [0.2, 0.25) is 0 Å². The highest BCUT2D eigenvalue weighted by Crippen LogP contribution is 2.20. The number of ether oxygens (including phenoxy) is 1. The third kappa shape index (κ3) is 4.13. The summed E-state index contributed by atoms with van der Waals surface area (Å²) in [5.74, 6) is -1.00. The summed E-state index contributed by atoms with van der Waals surface area (Å²) in [6.07, 6.45) is 2.15. The average molecular weight is 390 g/mol. The molecule has 0 spiro atoms. The Hall–Kier alpha value is -4.01. The molecule has 0 saturated heterocycles. The van der Waals surface area contributed by atoms with E-state index >= 15 is 0 Å². The number of carbonyl (C=O) groups excluding carboxylic acids is 2. The van der Waals surface area contributed by atoms with Gasteiger partial charge in [0.2, 0.25) is 6.10 Å². The Morgan fingerprint density at radius 1 is 1.10 bits per heavy atom. The zero-order valence-corrected chi connectivity index (χ0v) is 15.6. The Morgan fingerprint density at radius 3 is 2.66 bits per heavy atom. The van der Waals surface area contributed by atoms with Gasteiger partial charge in [-0.25, -0.2) is 9.36 Å². The van der Waals surface area contributed by atoms with Crippen molar-refractivity contribution in [2.45, 2.75) is 19.7 Å². The Labute approximate surface area is 165 Å². The van der Waals surface area contributed by atoms with Gasteiger partial charge in [0.05, 0.1) is 23.6 Å². The molecule has 29 heavy (non-hydrogen) atoms. The highest BCUT2D eigenvalue weighted by molar-refractivity contribution is 5.95. The van der Waals surface area contributed by atoms with Crippen LogP contribution in [0.3, 0.4) is 0 Å². The van der Waals surface area contributed by atoms with Crippen LogP contribution in [0.1, 0.15) is 18.6 Å². The van der Waals surface area contributed by atoms with Crippen molar-refractivity contribution in [1.82, 2.24) is 24.8 Å². The summed E-state index contributed by atoms with van der Waals surface area (Å²) in [4.78, 5) is 24.1. The second-order valence-electron chi connectivity index (χ2n) is 6.38. The summed E-state index contributed by atoms with van der Waals surface area (Å²) in [6.45, 7) is 1.60. The van der Waals surface area contributed by atoms with Crippen molar-refractivity contribution in [3.63, 3.8) is 0 Å². The van der Waals surface area contributed by atoms with Crippen LogP contribution in [0, 0.1) is 0 Å². The first kappa shape index (κ1) is 18.4. The van der Waals surface area contributed by atoms with Crippen LogP contribution < -0.4 is 5.32 Å². The smallest absolute Gasteiger partial charge is 0.303 e. The Bertz CT molecular complexity index is 1150. The SMILES string of the molecule is CC(=O)O[C@@H](C(=O)Nc1cnn(Cn2nnc3ccccc32)c1)c1ccccc1. The minimum atomic E-state index is -1.05. The summed E-state index contributed by atoms with van der Waals surface area (Å²) in [5.41, 5.74) is 2.74. The number of carbonyl (C=O) groups is 2. The molecule has 2 heterocycles. The van der Waals surface area contributed by atoms with Gasteiger partial charge in [-0.1, -0.05) is 47.7 Å². The summed E-state index contributed by atoms with van der Waals surface area (Å²) in [5, 5.41) is 15.2. The summed E-state index contributed by atoms with van der Waals surface area (Å²) in [6, 6.07) is 16.4. The number of hydrogen-bond acceptors (Lipinski definition) is 6. The van der Waals surface area contributed by atoms with E-state index in [0.717, 1.165) is 11.0 Å². The van der Waals surface area contributed by atoms with Crippen LogP contribution in [0.4, 0.5) is 5.69 Å². The van der Waals surface area contributed by atoms with Gasteiger partial charge >= 0.3 is 5.97 Å². The quantitative estimate of drug-likeness (QED) is 0.507. The average Bonchev–Trinajstić information content (AvgIpc) is 3.34. The molecule has 0 aliphatic rings. The molecule has 4 aromatic rings. The summed E-state index contributed by atoms with van der Waals surface area (Å²) in [7, 11) is 0. The predicted octanol–water partition coefficient (Wildman–Crippen LogP) is 2.38. The molecule has 1 N–H and O–H groups in total. The van der Waals surface area contributed by atoms with E-state index in [0.29, 0.717) is 17.9 Å². The van der Waals surface area contributed by atoms with Crippen molar-refractivity contribution in [2.24, 2.45) is 0 Å². The highest BCUT2D eigenvalue weighted by atomic mass is 16.5. The molecule has 0 fully saturated rings. The lowest BCUT2D eigenvalue weighted by molar-refractivity contribution is -0.152. The lowest BCUT2D eigenvalue weighted by Gasteiger charge is -2.16. The molecular formula is C20H18N6O3. The number of para-hydroxylation sites is 1. The normalized spacial score (nSPS) is 11.9. The van der Waals surface area contributed by atoms with E-state index in [-0.39, 0.29) is 0 Å². The monoisotopic (exact) mass is 390 g/mol. The van der Waals surface area contributed by atoms with E-state index in [9.17, 15) is 9.59 Å². The number of aromatic nitrogens is 5. The molecule has 2 aromatic heterocycles. The van der Waals surface area contributed by atoms with Crippen molar-refractivity contribution in [3.8, 4) is 0 Å². The van der Waals surface area contributed by atoms with E-state index in [1.807, 2.05) is 30.3 Å². The van der Waals surface area contributed by atoms with Crippen LogP contribution in [-0.2, 0) is 21.0 Å². The van der Waals surface area contributed by atoms with Gasteiger partial charge in [0, 0.05) is 12.5 Å². The lowest BCUT2D eigenvalue weighted by Crippen LogP contribution is -2.25. The van der Waals surface area contributed by atoms with Gasteiger partial charge < -0.3 is 10.1 Å². The van der Waals surface area contributed by atoms with Crippen molar-refractivity contribution >= 4 is 28.6 Å². The van der Waals surface area contributed by atoms with Crippen LogP contribution >= 0.6 is 0 Å². The highest BCUT2D eigenvalue weighted by Gasteiger charge is 2.24. The largest absolute Gasteiger partial charge is 0.447 e. The van der Waals surface area contributed by atoms with Gasteiger partial charge in [-0.15, -0.1) is 5.10 Å². The summed E-state index contributed by atoms with van der Waals surface area (Å²) < 4.78 is 8.54. The summed E-state index contributed by atoms with van der Waals surface area (Å²) >= 11 is 0. The first-order chi connectivity index (χ1) is 14.1. The molecule has 146 valence electrons. The van der Waals surface area contributed by atoms with Gasteiger partial charge in [0.1, 0.15) is 12.2 Å². The van der Waals surface area contributed by atoms with Gasteiger partial charge in [-0.2, -0.15) is 5.10 Å². The minimum Gasteiger partial charge on any atom is -0.447 e. The van der Waals surface area contributed by atoms with Gasteiger partial charge in [0.15, 0.2) is 0 Å². The first-order valence-electron chi connectivity index (χ1n) is 8.94. The van der Waals surface area contributed by atoms with Gasteiger partial charge in [0.25, 0.3) is 5.91 Å². The lowest BCUT2D eigenvalue weighted by atomic mass is 10.1. The van der Waals surface area contributed by atoms with Crippen LogP contribution in [0.5, 0.6) is 0 Å². The van der Waals surface area contributed by atoms with Gasteiger partial charge in [-0.05, 0) is 12.1 Å². The third-order valence-electron chi connectivity index (χ3n) is 4.22. The minimum absolute atomic E-state index is 0.336. The van der Waals surface area contributed by atoms with E-state index in [2.05, 4.69) is 20.7 Å². The van der Waals surface area contributed by atoms with E-state index in [1.165, 1.54) is 13.1 Å². The molecule has 4 rings (SSSR count). The number of amides is 1. The molecular weight excluding hydrogens is 372 g/mol. The second-order valence-corrected chi connectivity index (χ2v) is 6.38. The number of nitrogens with one attached hydrogen (secondary N) is 1. The van der Waals surface area contributed by atoms with Crippen molar-refractivity contribution in [1.29, 1.82) is 0 Å². The van der Waals surface area contributed by atoms with Crippen molar-refractivity contribution in [3.05, 3.63) is 72.6 Å². The molecule has 9 nitrogen and oxygen atoms in total. The zero-order valence-electron chi connectivity index (χ0n) is 15.6. The van der Waals surface area contributed by atoms with E-state index in [1.54, 1.807) is 39.8 Å². The number of nitrogens with zero attached hydrogens (tertiary/aromatic N) is 5. The molecule has 0 aliphatic heterocycles. The molecule has 0 unspecified atom stereocenters. The Kier molecular flexibility index (Phi) is 5.02. The molecule has 2 aromatic carbocycles. The predicted molar refractivity (Wildman–Crippen MR) is 105 cm³/mol. The molecule has 0 saturated carbocycles. The first-order valence-corrected chi connectivity index (χ1v) is 8.94. The number of anilines is 1. The van der Waals surface area contributed by atoms with Crippen LogP contribution in [0.15, 0.2) is 67.0 Å².